The van der Waals surface area contributed by atoms with Crippen molar-refractivity contribution < 1.29 is 24.5 Å². The van der Waals surface area contributed by atoms with Crippen molar-refractivity contribution in [2.24, 2.45) is 0 Å². The zero-order chi connectivity index (χ0) is 13.2. The van der Waals surface area contributed by atoms with Gasteiger partial charge in [0.05, 0.1) is 25.3 Å². The molecule has 1 heterocycles. The number of hydrogen-bond acceptors (Lipinski definition) is 5. The van der Waals surface area contributed by atoms with Crippen molar-refractivity contribution in [3.05, 3.63) is 0 Å². The molecule has 6 heteroatoms. The van der Waals surface area contributed by atoms with E-state index in [2.05, 4.69) is 0 Å². The van der Waals surface area contributed by atoms with E-state index in [0.29, 0.717) is 0 Å². The number of ether oxygens (including phenoxy) is 2. The molecule has 0 aromatic heterocycles. The maximum atomic E-state index is 11.9. The molecule has 0 spiro atoms. The number of aliphatic hydroxyl groups excluding tert-OH is 2. The standard InChI is InChI=1S/C11H21NO5/c1-11(2,3)17-10(15)12-5-8(13)9(14)7(12)6-16-4/h7-9,13-14H,5-6H2,1-4H3/t7-,8+,9-/m1/s1. The van der Waals surface area contributed by atoms with Crippen molar-refractivity contribution in [1.29, 1.82) is 0 Å². The Balaban J connectivity index is 2.71. The summed E-state index contributed by atoms with van der Waals surface area (Å²) in [4.78, 5) is 13.2. The van der Waals surface area contributed by atoms with E-state index in [1.165, 1.54) is 12.0 Å². The lowest BCUT2D eigenvalue weighted by Crippen LogP contribution is -2.45. The average Bonchev–Trinajstić information content (AvgIpc) is 2.44. The third-order valence-corrected chi connectivity index (χ3v) is 2.54. The Labute approximate surface area is 101 Å². The number of methoxy groups -OCH3 is 1. The second-order valence-corrected chi connectivity index (χ2v) is 5.21. The number of carbonyl (C=O) groups excluding carboxylic acids is 1. The number of likely N-dealkylation sites (tertiary alicyclic amines) is 1. The molecule has 1 saturated heterocycles. The van der Waals surface area contributed by atoms with E-state index >= 15 is 0 Å². The predicted octanol–water partition coefficient (Wildman–Crippen LogP) is -0.0261. The van der Waals surface area contributed by atoms with Gasteiger partial charge in [0.1, 0.15) is 11.7 Å². The van der Waals surface area contributed by atoms with Gasteiger partial charge in [-0.15, -0.1) is 0 Å². The number of rotatable bonds is 2. The van der Waals surface area contributed by atoms with Gasteiger partial charge in [-0.2, -0.15) is 0 Å². The molecule has 0 aromatic rings. The van der Waals surface area contributed by atoms with E-state index in [-0.39, 0.29) is 13.2 Å². The summed E-state index contributed by atoms with van der Waals surface area (Å²) in [6.07, 6.45) is -2.50. The van der Waals surface area contributed by atoms with Crippen LogP contribution in [0.4, 0.5) is 4.79 Å². The fraction of sp³-hybridized carbons (Fsp3) is 0.909. The number of amides is 1. The van der Waals surface area contributed by atoms with Gasteiger partial charge in [-0.3, -0.25) is 4.90 Å². The van der Waals surface area contributed by atoms with Crippen LogP contribution in [0.5, 0.6) is 0 Å². The Kier molecular flexibility index (Phi) is 4.35. The van der Waals surface area contributed by atoms with Gasteiger partial charge in [-0.05, 0) is 20.8 Å². The molecule has 6 nitrogen and oxygen atoms in total. The summed E-state index contributed by atoms with van der Waals surface area (Å²) in [5.41, 5.74) is -0.604. The highest BCUT2D eigenvalue weighted by molar-refractivity contribution is 5.69. The normalized spacial score (nSPS) is 29.5. The molecule has 1 amide bonds. The molecule has 100 valence electrons. The number of hydrogen-bond donors (Lipinski definition) is 2. The van der Waals surface area contributed by atoms with E-state index in [9.17, 15) is 15.0 Å². The minimum atomic E-state index is -0.998. The Morgan fingerprint density at radius 3 is 2.47 bits per heavy atom. The summed E-state index contributed by atoms with van der Waals surface area (Å²) in [7, 11) is 1.48. The lowest BCUT2D eigenvalue weighted by Gasteiger charge is -2.28. The molecule has 1 aliphatic heterocycles. The molecule has 0 unspecified atom stereocenters. The van der Waals surface area contributed by atoms with E-state index in [1.54, 1.807) is 20.8 Å². The van der Waals surface area contributed by atoms with Crippen LogP contribution in [-0.2, 0) is 9.47 Å². The molecule has 0 bridgehead atoms. The van der Waals surface area contributed by atoms with Gasteiger partial charge in [0.2, 0.25) is 0 Å². The van der Waals surface area contributed by atoms with Crippen LogP contribution in [0.1, 0.15) is 20.8 Å². The molecule has 1 rings (SSSR count). The first-order valence-corrected chi connectivity index (χ1v) is 5.61. The van der Waals surface area contributed by atoms with Crippen molar-refractivity contribution in [1.82, 2.24) is 4.90 Å². The molecule has 3 atom stereocenters. The molecule has 1 fully saturated rings. The highest BCUT2D eigenvalue weighted by Gasteiger charge is 2.43. The lowest BCUT2D eigenvalue weighted by atomic mass is 10.1. The largest absolute Gasteiger partial charge is 0.444 e. The van der Waals surface area contributed by atoms with E-state index in [4.69, 9.17) is 9.47 Å². The Morgan fingerprint density at radius 2 is 2.00 bits per heavy atom. The summed E-state index contributed by atoms with van der Waals surface area (Å²) in [5.74, 6) is 0. The van der Waals surface area contributed by atoms with Gasteiger partial charge in [-0.25, -0.2) is 4.79 Å². The fourth-order valence-corrected chi connectivity index (χ4v) is 1.78. The van der Waals surface area contributed by atoms with Gasteiger partial charge >= 0.3 is 6.09 Å². The van der Waals surface area contributed by atoms with Crippen LogP contribution in [0.3, 0.4) is 0 Å². The van der Waals surface area contributed by atoms with Crippen molar-refractivity contribution in [2.45, 2.75) is 44.6 Å². The topological polar surface area (TPSA) is 79.2 Å². The zero-order valence-electron chi connectivity index (χ0n) is 10.7. The number of aliphatic hydroxyl groups is 2. The molecule has 0 radical (unpaired) electrons. The Bertz CT molecular complexity index is 276. The number of nitrogens with zero attached hydrogens (tertiary/aromatic N) is 1. The van der Waals surface area contributed by atoms with E-state index in [1.807, 2.05) is 0 Å². The van der Waals surface area contributed by atoms with Crippen LogP contribution in [0.2, 0.25) is 0 Å². The van der Waals surface area contributed by atoms with Gasteiger partial charge in [0.25, 0.3) is 0 Å². The first kappa shape index (κ1) is 14.2. The van der Waals surface area contributed by atoms with E-state index < -0.39 is 29.9 Å². The van der Waals surface area contributed by atoms with Gasteiger partial charge < -0.3 is 19.7 Å². The molecule has 0 aliphatic carbocycles. The summed E-state index contributed by atoms with van der Waals surface area (Å²) in [6, 6.07) is -0.565. The molecule has 0 saturated carbocycles. The van der Waals surface area contributed by atoms with Crippen LogP contribution in [0.25, 0.3) is 0 Å². The third kappa shape index (κ3) is 3.55. The van der Waals surface area contributed by atoms with Crippen LogP contribution in [0, 0.1) is 0 Å². The first-order valence-electron chi connectivity index (χ1n) is 5.61. The molecule has 17 heavy (non-hydrogen) atoms. The van der Waals surface area contributed by atoms with Crippen LogP contribution in [-0.4, -0.2) is 65.3 Å². The van der Waals surface area contributed by atoms with Crippen molar-refractivity contribution in [3.63, 3.8) is 0 Å². The summed E-state index contributed by atoms with van der Waals surface area (Å²) < 4.78 is 10.1. The van der Waals surface area contributed by atoms with Gasteiger partial charge in [0.15, 0.2) is 0 Å². The summed E-state index contributed by atoms with van der Waals surface area (Å²) in [6.45, 7) is 5.51. The summed E-state index contributed by atoms with van der Waals surface area (Å²) in [5, 5.41) is 19.3. The Hall–Kier alpha value is -0.850. The van der Waals surface area contributed by atoms with E-state index in [0.717, 1.165) is 0 Å². The molecule has 1 aliphatic rings. The zero-order valence-corrected chi connectivity index (χ0v) is 10.7. The van der Waals surface area contributed by atoms with Crippen molar-refractivity contribution in [3.8, 4) is 0 Å². The maximum absolute atomic E-state index is 11.9. The highest BCUT2D eigenvalue weighted by Crippen LogP contribution is 2.22. The quantitative estimate of drug-likeness (QED) is 0.716. The van der Waals surface area contributed by atoms with Crippen molar-refractivity contribution >= 4 is 6.09 Å². The SMILES string of the molecule is COC[C@@H]1[C@@H](O)[C@@H](O)CN1C(=O)OC(C)(C)C. The van der Waals surface area contributed by atoms with Gasteiger partial charge in [-0.1, -0.05) is 0 Å². The van der Waals surface area contributed by atoms with Crippen molar-refractivity contribution in [2.75, 3.05) is 20.3 Å². The second kappa shape index (κ2) is 5.20. The third-order valence-electron chi connectivity index (χ3n) is 2.54. The summed E-state index contributed by atoms with van der Waals surface area (Å²) >= 11 is 0. The van der Waals surface area contributed by atoms with Crippen LogP contribution in [0.15, 0.2) is 0 Å². The molecular weight excluding hydrogens is 226 g/mol. The fourth-order valence-electron chi connectivity index (χ4n) is 1.78. The smallest absolute Gasteiger partial charge is 0.410 e. The first-order chi connectivity index (χ1) is 7.76. The number of β-amino-alcohol motifs (C(OH)–C–C–N with tert-alkyl or cyclic N) is 1. The maximum Gasteiger partial charge on any atom is 0.410 e. The minimum Gasteiger partial charge on any atom is -0.444 e. The second-order valence-electron chi connectivity index (χ2n) is 5.21. The average molecular weight is 247 g/mol. The van der Waals surface area contributed by atoms with Gasteiger partial charge in [0, 0.05) is 7.11 Å². The molecular formula is C11H21NO5. The number of carbonyl (C=O) groups is 1. The predicted molar refractivity (Wildman–Crippen MR) is 60.6 cm³/mol. The monoisotopic (exact) mass is 247 g/mol. The van der Waals surface area contributed by atoms with Crippen LogP contribution < -0.4 is 0 Å². The Morgan fingerprint density at radius 1 is 1.41 bits per heavy atom. The van der Waals surface area contributed by atoms with Crippen LogP contribution >= 0.6 is 0 Å². The minimum absolute atomic E-state index is 0.0596. The molecule has 2 N–H and O–H groups in total. The molecule has 0 aromatic carbocycles. The highest BCUT2D eigenvalue weighted by atomic mass is 16.6. The lowest BCUT2D eigenvalue weighted by molar-refractivity contribution is -0.00418.